The van der Waals surface area contributed by atoms with Crippen LogP contribution in [0.3, 0.4) is 0 Å². The Hall–Kier alpha value is -3.19. The van der Waals surface area contributed by atoms with Crippen LogP contribution in [0.1, 0.15) is 59.9 Å². The van der Waals surface area contributed by atoms with Crippen molar-refractivity contribution in [1.29, 1.82) is 0 Å². The third-order valence-corrected chi connectivity index (χ3v) is 6.37. The lowest BCUT2D eigenvalue weighted by atomic mass is 10.1. The Labute approximate surface area is 201 Å². The second-order valence-electron chi connectivity index (χ2n) is 10.5. The molecule has 1 unspecified atom stereocenters. The number of carbonyl (C=O) groups is 2. The predicted octanol–water partition coefficient (Wildman–Crippen LogP) is 4.52. The quantitative estimate of drug-likeness (QED) is 0.607. The highest BCUT2D eigenvalue weighted by atomic mass is 16.2. The minimum absolute atomic E-state index is 0.0515. The number of aryl methyl sites for hydroxylation is 1. The number of likely N-dealkylation sites (N-methyl/N-ethyl adjacent to an activating group) is 1. The first kappa shape index (κ1) is 24.0. The van der Waals surface area contributed by atoms with E-state index in [-0.39, 0.29) is 23.4 Å². The number of likely N-dealkylation sites (tertiary alicyclic amines) is 1. The van der Waals surface area contributed by atoms with Gasteiger partial charge in [0.1, 0.15) is 11.5 Å². The standard InChI is InChI=1S/C27H35N5O2/c1-18-9-11-19(12-10-18)25(33)29-23-14-13-21-22(17-32(24(21)28-23)27(2,3)4)26(34)31-15-7-8-20(31)16-30(5)6/h9-14,17,20H,7-8,15-16H2,1-6H3,(H,28,29,33). The van der Waals surface area contributed by atoms with E-state index in [0.717, 1.165) is 36.9 Å². The Morgan fingerprint density at radius 1 is 1.12 bits per heavy atom. The van der Waals surface area contributed by atoms with Crippen molar-refractivity contribution in [2.24, 2.45) is 0 Å². The highest BCUT2D eigenvalue weighted by Gasteiger charge is 2.32. The number of carbonyl (C=O) groups excluding carboxylic acids is 2. The first-order valence-electron chi connectivity index (χ1n) is 11.9. The second-order valence-corrected chi connectivity index (χ2v) is 10.5. The summed E-state index contributed by atoms with van der Waals surface area (Å²) in [4.78, 5) is 35.3. The summed E-state index contributed by atoms with van der Waals surface area (Å²) in [6, 6.07) is 11.3. The molecule has 3 aromatic rings. The number of hydrogen-bond acceptors (Lipinski definition) is 4. The summed E-state index contributed by atoms with van der Waals surface area (Å²) in [5.74, 6) is 0.309. The maximum Gasteiger partial charge on any atom is 0.256 e. The summed E-state index contributed by atoms with van der Waals surface area (Å²) in [6.07, 6.45) is 3.97. The number of hydrogen-bond donors (Lipinski definition) is 1. The molecule has 2 amide bonds. The van der Waals surface area contributed by atoms with Crippen LogP contribution in [0.15, 0.2) is 42.6 Å². The van der Waals surface area contributed by atoms with Gasteiger partial charge in [0.05, 0.1) is 5.56 Å². The molecule has 3 heterocycles. The Bertz CT molecular complexity index is 1200. The third-order valence-electron chi connectivity index (χ3n) is 6.37. The molecule has 1 saturated heterocycles. The Kier molecular flexibility index (Phi) is 6.49. The summed E-state index contributed by atoms with van der Waals surface area (Å²) in [5.41, 5.74) is 2.76. The van der Waals surface area contributed by atoms with E-state index in [0.29, 0.717) is 22.6 Å². The van der Waals surface area contributed by atoms with Gasteiger partial charge in [0, 0.05) is 41.8 Å². The van der Waals surface area contributed by atoms with Gasteiger partial charge in [-0.1, -0.05) is 17.7 Å². The normalized spacial score (nSPS) is 16.4. The minimum Gasteiger partial charge on any atom is -0.334 e. The van der Waals surface area contributed by atoms with Crippen molar-refractivity contribution in [3.63, 3.8) is 0 Å². The zero-order chi connectivity index (χ0) is 24.6. The predicted molar refractivity (Wildman–Crippen MR) is 136 cm³/mol. The number of rotatable bonds is 5. The van der Waals surface area contributed by atoms with Gasteiger partial charge in [-0.3, -0.25) is 9.59 Å². The van der Waals surface area contributed by atoms with Crippen molar-refractivity contribution in [3.05, 3.63) is 59.3 Å². The fourth-order valence-electron chi connectivity index (χ4n) is 4.62. The summed E-state index contributed by atoms with van der Waals surface area (Å²) in [5, 5.41) is 3.72. The number of amides is 2. The average molecular weight is 462 g/mol. The number of pyridine rings is 1. The van der Waals surface area contributed by atoms with Crippen molar-refractivity contribution in [1.82, 2.24) is 19.4 Å². The SMILES string of the molecule is Cc1ccc(C(=O)Nc2ccc3c(C(=O)N4CCCC4CN(C)C)cn(C(C)(C)C)c3n2)cc1. The lowest BCUT2D eigenvalue weighted by molar-refractivity contribution is 0.0718. The van der Waals surface area contributed by atoms with Crippen molar-refractivity contribution < 1.29 is 9.59 Å². The Balaban J connectivity index is 1.69. The van der Waals surface area contributed by atoms with Crippen molar-refractivity contribution in [2.75, 3.05) is 32.5 Å². The van der Waals surface area contributed by atoms with Crippen LogP contribution in [0.2, 0.25) is 0 Å². The van der Waals surface area contributed by atoms with Crippen LogP contribution >= 0.6 is 0 Å². The molecule has 0 saturated carbocycles. The molecule has 1 atom stereocenters. The molecule has 1 aliphatic heterocycles. The van der Waals surface area contributed by atoms with Gasteiger partial charge in [0.15, 0.2) is 0 Å². The molecule has 1 aromatic carbocycles. The van der Waals surface area contributed by atoms with E-state index in [1.54, 1.807) is 18.2 Å². The van der Waals surface area contributed by atoms with E-state index >= 15 is 0 Å². The maximum atomic E-state index is 13.7. The molecule has 7 heteroatoms. The number of anilines is 1. The van der Waals surface area contributed by atoms with E-state index in [4.69, 9.17) is 4.98 Å². The van der Waals surface area contributed by atoms with Crippen molar-refractivity contribution in [3.8, 4) is 0 Å². The van der Waals surface area contributed by atoms with Gasteiger partial charge in [0.25, 0.3) is 11.8 Å². The molecule has 1 aliphatic rings. The van der Waals surface area contributed by atoms with Crippen LogP contribution in [0, 0.1) is 6.92 Å². The van der Waals surface area contributed by atoms with Crippen LogP contribution < -0.4 is 5.32 Å². The van der Waals surface area contributed by atoms with Gasteiger partial charge < -0.3 is 19.7 Å². The Morgan fingerprint density at radius 2 is 1.82 bits per heavy atom. The lowest BCUT2D eigenvalue weighted by Gasteiger charge is -2.27. The van der Waals surface area contributed by atoms with Crippen LogP contribution in [0.5, 0.6) is 0 Å². The number of fused-ring (bicyclic) bond motifs is 1. The van der Waals surface area contributed by atoms with Gasteiger partial charge >= 0.3 is 0 Å². The smallest absolute Gasteiger partial charge is 0.256 e. The summed E-state index contributed by atoms with van der Waals surface area (Å²) >= 11 is 0. The zero-order valence-electron chi connectivity index (χ0n) is 21.1. The molecule has 4 rings (SSSR count). The first-order valence-corrected chi connectivity index (χ1v) is 11.9. The van der Waals surface area contributed by atoms with Crippen LogP contribution in [0.4, 0.5) is 5.82 Å². The molecule has 0 radical (unpaired) electrons. The topological polar surface area (TPSA) is 70.5 Å². The van der Waals surface area contributed by atoms with E-state index in [9.17, 15) is 9.59 Å². The molecule has 0 bridgehead atoms. The average Bonchev–Trinajstić information content (AvgIpc) is 3.37. The van der Waals surface area contributed by atoms with E-state index < -0.39 is 0 Å². The van der Waals surface area contributed by atoms with Crippen LogP contribution in [-0.2, 0) is 5.54 Å². The third kappa shape index (κ3) is 4.85. The fourth-order valence-corrected chi connectivity index (χ4v) is 4.62. The highest BCUT2D eigenvalue weighted by molar-refractivity contribution is 6.08. The van der Waals surface area contributed by atoms with Crippen LogP contribution in [-0.4, -0.2) is 64.4 Å². The first-order chi connectivity index (χ1) is 16.0. The molecule has 34 heavy (non-hydrogen) atoms. The molecule has 0 spiro atoms. The van der Waals surface area contributed by atoms with Gasteiger partial charge in [0.2, 0.25) is 0 Å². The minimum atomic E-state index is -0.280. The molecular weight excluding hydrogens is 426 g/mol. The zero-order valence-corrected chi connectivity index (χ0v) is 21.1. The number of nitrogens with zero attached hydrogens (tertiary/aromatic N) is 4. The lowest BCUT2D eigenvalue weighted by Crippen LogP contribution is -2.41. The monoisotopic (exact) mass is 461 g/mol. The van der Waals surface area contributed by atoms with Crippen molar-refractivity contribution >= 4 is 28.7 Å². The van der Waals surface area contributed by atoms with Gasteiger partial charge in [-0.25, -0.2) is 4.98 Å². The molecule has 2 aromatic heterocycles. The van der Waals surface area contributed by atoms with E-state index in [1.165, 1.54) is 0 Å². The van der Waals surface area contributed by atoms with Crippen molar-refractivity contribution in [2.45, 2.75) is 52.1 Å². The molecule has 1 fully saturated rings. The molecular formula is C27H35N5O2. The summed E-state index contributed by atoms with van der Waals surface area (Å²) in [6.45, 7) is 9.89. The van der Waals surface area contributed by atoms with Crippen LogP contribution in [0.25, 0.3) is 11.0 Å². The number of nitrogens with one attached hydrogen (secondary N) is 1. The largest absolute Gasteiger partial charge is 0.334 e. The van der Waals surface area contributed by atoms with E-state index in [2.05, 4.69) is 31.0 Å². The van der Waals surface area contributed by atoms with Gasteiger partial charge in [-0.05, 0) is 78.9 Å². The summed E-state index contributed by atoms with van der Waals surface area (Å²) in [7, 11) is 4.09. The van der Waals surface area contributed by atoms with Gasteiger partial charge in [-0.15, -0.1) is 0 Å². The maximum absolute atomic E-state index is 13.7. The Morgan fingerprint density at radius 3 is 2.47 bits per heavy atom. The second kappa shape index (κ2) is 9.22. The summed E-state index contributed by atoms with van der Waals surface area (Å²) < 4.78 is 2.04. The van der Waals surface area contributed by atoms with Gasteiger partial charge in [-0.2, -0.15) is 0 Å². The molecule has 0 aliphatic carbocycles. The highest BCUT2D eigenvalue weighted by Crippen LogP contribution is 2.30. The number of aromatic nitrogens is 2. The molecule has 7 nitrogen and oxygen atoms in total. The van der Waals surface area contributed by atoms with E-state index in [1.807, 2.05) is 54.9 Å². The molecule has 1 N–H and O–H groups in total. The fraction of sp³-hybridized carbons (Fsp3) is 0.444. The molecule has 180 valence electrons. The number of benzene rings is 1.